The zero-order chi connectivity index (χ0) is 32.0. The van der Waals surface area contributed by atoms with Gasteiger partial charge in [-0.2, -0.15) is 0 Å². The van der Waals surface area contributed by atoms with E-state index in [9.17, 15) is 9.59 Å². The van der Waals surface area contributed by atoms with Crippen LogP contribution >= 0.6 is 0 Å². The first-order valence-corrected chi connectivity index (χ1v) is 16.9. The molecule has 2 rings (SSSR count). The molecule has 2 heterocycles. The van der Waals surface area contributed by atoms with Gasteiger partial charge >= 0.3 is 0 Å². The molecule has 1 fully saturated rings. The minimum absolute atomic E-state index is 0.0000467. The molecule has 0 aliphatic carbocycles. The summed E-state index contributed by atoms with van der Waals surface area (Å²) in [4.78, 5) is 31.2. The molecule has 2 amide bonds. The number of pyridine rings is 1. The maximum absolute atomic E-state index is 12.1. The Morgan fingerprint density at radius 1 is 0.733 bits per heavy atom. The number of amides is 2. The first-order chi connectivity index (χ1) is 22.2. The second kappa shape index (κ2) is 26.6. The van der Waals surface area contributed by atoms with E-state index in [1.165, 1.54) is 25.9 Å². The van der Waals surface area contributed by atoms with Gasteiger partial charge in [-0.1, -0.05) is 98.1 Å². The molecule has 0 unspecified atom stereocenters. The highest BCUT2D eigenvalue weighted by Gasteiger charge is 2.11. The van der Waals surface area contributed by atoms with Crippen molar-refractivity contribution in [2.75, 3.05) is 32.7 Å². The number of nitrogens with one attached hydrogen (secondary N) is 2. The van der Waals surface area contributed by atoms with Crippen molar-refractivity contribution in [1.29, 1.82) is 0 Å². The molecule has 1 aliphatic rings. The van der Waals surface area contributed by atoms with Crippen LogP contribution < -0.4 is 10.6 Å². The van der Waals surface area contributed by atoms with Gasteiger partial charge in [-0.05, 0) is 82.5 Å². The molecule has 0 saturated carbocycles. The average molecular weight is 613 g/mol. The van der Waals surface area contributed by atoms with Crippen LogP contribution in [-0.4, -0.2) is 54.4 Å². The van der Waals surface area contributed by atoms with Crippen LogP contribution in [0.3, 0.4) is 0 Å². The van der Waals surface area contributed by atoms with Gasteiger partial charge in [-0.25, -0.2) is 0 Å². The molecule has 0 bridgehead atoms. The van der Waals surface area contributed by atoms with Gasteiger partial charge < -0.3 is 15.5 Å². The van der Waals surface area contributed by atoms with E-state index in [2.05, 4.69) is 106 Å². The van der Waals surface area contributed by atoms with Gasteiger partial charge in [-0.3, -0.25) is 14.6 Å². The lowest BCUT2D eigenvalue weighted by atomic mass is 10.2. The molecule has 0 aromatic carbocycles. The summed E-state index contributed by atoms with van der Waals surface area (Å²) in [5, 5.41) is 5.71. The third kappa shape index (κ3) is 21.6. The van der Waals surface area contributed by atoms with Crippen molar-refractivity contribution >= 4 is 17.9 Å². The lowest BCUT2D eigenvalue weighted by molar-refractivity contribution is -0.122. The minimum Gasteiger partial charge on any atom is -0.354 e. The summed E-state index contributed by atoms with van der Waals surface area (Å²) in [5.74, 6) is -0.0614. The van der Waals surface area contributed by atoms with Crippen LogP contribution in [0.5, 0.6) is 0 Å². The number of nitrogens with zero attached hydrogens (tertiary/aromatic N) is 2. The van der Waals surface area contributed by atoms with Gasteiger partial charge in [0, 0.05) is 50.8 Å². The van der Waals surface area contributed by atoms with Crippen molar-refractivity contribution < 1.29 is 9.59 Å². The van der Waals surface area contributed by atoms with Crippen LogP contribution in [0, 0.1) is 0 Å². The third-order valence-corrected chi connectivity index (χ3v) is 7.25. The number of rotatable bonds is 23. The van der Waals surface area contributed by atoms with E-state index in [1.54, 1.807) is 0 Å². The summed E-state index contributed by atoms with van der Waals surface area (Å²) >= 11 is 0. The fourth-order valence-corrected chi connectivity index (χ4v) is 4.68. The van der Waals surface area contributed by atoms with E-state index in [-0.39, 0.29) is 11.8 Å². The molecule has 0 spiro atoms. The third-order valence-electron chi connectivity index (χ3n) is 7.25. The minimum atomic E-state index is -0.0614. The Hall–Kier alpha value is -3.77. The molecule has 1 saturated heterocycles. The second-order valence-corrected chi connectivity index (χ2v) is 11.1. The lowest BCUT2D eigenvalue weighted by Crippen LogP contribution is -2.34. The number of hydrogen-bond donors (Lipinski definition) is 2. The monoisotopic (exact) mass is 612 g/mol. The first-order valence-electron chi connectivity index (χ1n) is 16.9. The van der Waals surface area contributed by atoms with E-state index in [1.807, 2.05) is 24.4 Å². The molecule has 0 atom stereocenters. The number of carbonyl (C=O) groups is 2. The van der Waals surface area contributed by atoms with Crippen LogP contribution in [0.1, 0.15) is 88.8 Å². The molecular weight excluding hydrogens is 556 g/mol. The van der Waals surface area contributed by atoms with Gasteiger partial charge in [0.25, 0.3) is 0 Å². The molecule has 6 heteroatoms. The molecule has 0 radical (unpaired) electrons. The van der Waals surface area contributed by atoms with E-state index >= 15 is 0 Å². The van der Waals surface area contributed by atoms with Crippen LogP contribution in [0.15, 0.2) is 97.3 Å². The molecular formula is C39H56N4O2. The fraction of sp³-hybridized carbons (Fsp3) is 0.462. The quantitative estimate of drug-likeness (QED) is 0.0976. The SMILES string of the molecule is CC/C=C\C/C=C\C/C=C\C/C=C\C/C=C\C/C=C\CCC(=O)NCCNC(=O)C/C=C/c1ccc(CCN2CCCC2)nc1. The van der Waals surface area contributed by atoms with Crippen LogP contribution in [0.25, 0.3) is 6.08 Å². The topological polar surface area (TPSA) is 74.3 Å². The Balaban J connectivity index is 1.41. The van der Waals surface area contributed by atoms with Gasteiger partial charge in [0.2, 0.25) is 11.8 Å². The highest BCUT2D eigenvalue weighted by atomic mass is 16.2. The average Bonchev–Trinajstić information content (AvgIpc) is 3.58. The van der Waals surface area contributed by atoms with Crippen LogP contribution in [0.2, 0.25) is 0 Å². The van der Waals surface area contributed by atoms with Gasteiger partial charge in [0.15, 0.2) is 0 Å². The van der Waals surface area contributed by atoms with Crippen LogP contribution in [0.4, 0.5) is 0 Å². The number of allylic oxidation sites excluding steroid dienone is 12. The van der Waals surface area contributed by atoms with Crippen molar-refractivity contribution in [1.82, 2.24) is 20.5 Å². The second-order valence-electron chi connectivity index (χ2n) is 11.1. The first kappa shape index (κ1) is 37.4. The van der Waals surface area contributed by atoms with E-state index in [4.69, 9.17) is 0 Å². The number of aromatic nitrogens is 1. The largest absolute Gasteiger partial charge is 0.354 e. The molecule has 1 aromatic rings. The van der Waals surface area contributed by atoms with Gasteiger partial charge in [0.05, 0.1) is 0 Å². The van der Waals surface area contributed by atoms with Crippen molar-refractivity contribution in [3.05, 3.63) is 109 Å². The standard InChI is InChI=1S/C39H56N4O2/c1-2-3-4-5-6-7-8-9-10-11-12-13-14-15-16-17-18-19-20-25-38(44)40-30-31-41-39(45)26-23-24-36-27-28-37(42-35-36)29-34-43-32-21-22-33-43/h3-4,6-7,9-10,12-13,15-16,18-19,23-24,27-28,35H,2,5,8,11,14,17,20-22,25-26,29-34H2,1H3,(H,40,44)(H,41,45)/b4-3-,7-6-,10-9-,13-12-,16-15-,19-18-,24-23+. The van der Waals surface area contributed by atoms with Crippen molar-refractivity contribution in [2.24, 2.45) is 0 Å². The van der Waals surface area contributed by atoms with Crippen molar-refractivity contribution in [3.8, 4) is 0 Å². The maximum atomic E-state index is 12.1. The summed E-state index contributed by atoms with van der Waals surface area (Å²) in [6.45, 7) is 6.50. The molecule has 1 aliphatic heterocycles. The normalized spacial score (nSPS) is 14.6. The molecule has 1 aromatic heterocycles. The van der Waals surface area contributed by atoms with Crippen molar-refractivity contribution in [3.63, 3.8) is 0 Å². The molecule has 45 heavy (non-hydrogen) atoms. The summed E-state index contributed by atoms with van der Waals surface area (Å²) in [7, 11) is 0. The van der Waals surface area contributed by atoms with Gasteiger partial charge in [0.1, 0.15) is 0 Å². The van der Waals surface area contributed by atoms with E-state index in [0.29, 0.717) is 32.4 Å². The maximum Gasteiger partial charge on any atom is 0.223 e. The molecule has 2 N–H and O–H groups in total. The number of likely N-dealkylation sites (tertiary alicyclic amines) is 1. The Morgan fingerprint density at radius 3 is 1.84 bits per heavy atom. The summed E-state index contributed by atoms with van der Waals surface area (Å²) in [6, 6.07) is 4.12. The molecule has 244 valence electrons. The smallest absolute Gasteiger partial charge is 0.223 e. The zero-order valence-electron chi connectivity index (χ0n) is 27.5. The Bertz CT molecular complexity index is 1140. The Kier molecular flexibility index (Phi) is 22.1. The van der Waals surface area contributed by atoms with E-state index in [0.717, 1.165) is 62.7 Å². The van der Waals surface area contributed by atoms with Crippen LogP contribution in [-0.2, 0) is 16.0 Å². The summed E-state index contributed by atoms with van der Waals surface area (Å²) < 4.78 is 0. The summed E-state index contributed by atoms with van der Waals surface area (Å²) in [6.07, 6.45) is 42.6. The predicted molar refractivity (Wildman–Crippen MR) is 191 cm³/mol. The summed E-state index contributed by atoms with van der Waals surface area (Å²) in [5.41, 5.74) is 2.10. The fourth-order valence-electron chi connectivity index (χ4n) is 4.68. The highest BCUT2D eigenvalue weighted by Crippen LogP contribution is 2.09. The number of hydrogen-bond acceptors (Lipinski definition) is 4. The van der Waals surface area contributed by atoms with E-state index < -0.39 is 0 Å². The Morgan fingerprint density at radius 2 is 1.29 bits per heavy atom. The lowest BCUT2D eigenvalue weighted by Gasteiger charge is -2.13. The van der Waals surface area contributed by atoms with Gasteiger partial charge in [-0.15, -0.1) is 0 Å². The predicted octanol–water partition coefficient (Wildman–Crippen LogP) is 7.83. The van der Waals surface area contributed by atoms with Crippen molar-refractivity contribution in [2.45, 2.75) is 84.0 Å². The Labute approximate surface area is 272 Å². The molecule has 6 nitrogen and oxygen atoms in total. The number of carbonyl (C=O) groups excluding carboxylic acids is 2. The zero-order valence-corrected chi connectivity index (χ0v) is 27.5. The highest BCUT2D eigenvalue weighted by molar-refractivity contribution is 5.79.